The lowest BCUT2D eigenvalue weighted by Gasteiger charge is -2.27. The summed E-state index contributed by atoms with van der Waals surface area (Å²) in [5.41, 5.74) is -0.599. The van der Waals surface area contributed by atoms with E-state index in [4.69, 9.17) is 9.47 Å². The predicted molar refractivity (Wildman–Crippen MR) is 81.1 cm³/mol. The maximum absolute atomic E-state index is 12.2. The van der Waals surface area contributed by atoms with E-state index in [0.717, 1.165) is 0 Å². The van der Waals surface area contributed by atoms with Crippen molar-refractivity contribution in [3.63, 3.8) is 0 Å². The van der Waals surface area contributed by atoms with Crippen molar-refractivity contribution in [3.8, 4) is 11.5 Å². The van der Waals surface area contributed by atoms with Gasteiger partial charge in [0.25, 0.3) is 5.91 Å². The summed E-state index contributed by atoms with van der Waals surface area (Å²) in [6.07, 6.45) is 0. The molecule has 2 N–H and O–H groups in total. The fraction of sp³-hybridized carbons (Fsp3) is 0.533. The molecule has 1 atom stereocenters. The van der Waals surface area contributed by atoms with E-state index in [2.05, 4.69) is 5.32 Å². The first-order valence-corrected chi connectivity index (χ1v) is 6.66. The van der Waals surface area contributed by atoms with Crippen molar-refractivity contribution in [1.29, 1.82) is 0 Å². The first kappa shape index (κ1) is 17.3. The van der Waals surface area contributed by atoms with Crippen LogP contribution in [0.2, 0.25) is 0 Å². The average molecular weight is 296 g/mol. The molecular weight excluding hydrogens is 272 g/mol. The predicted octanol–water partition coefficient (Wildman–Crippen LogP) is 0.746. The molecule has 1 unspecified atom stereocenters. The summed E-state index contributed by atoms with van der Waals surface area (Å²) < 4.78 is 10.3. The number of nitrogens with one attached hydrogen (secondary N) is 1. The first-order valence-electron chi connectivity index (χ1n) is 6.66. The molecule has 0 spiro atoms. The SMILES string of the molecule is COc1ccc(C(=O)NCC(C)(O)CN(C)C)c(OC)c1. The van der Waals surface area contributed by atoms with Gasteiger partial charge in [-0.2, -0.15) is 0 Å². The van der Waals surface area contributed by atoms with E-state index in [0.29, 0.717) is 23.6 Å². The quantitative estimate of drug-likeness (QED) is 0.777. The molecule has 0 fully saturated rings. The van der Waals surface area contributed by atoms with Gasteiger partial charge in [-0.05, 0) is 33.2 Å². The Morgan fingerprint density at radius 1 is 1.33 bits per heavy atom. The number of likely N-dealkylation sites (N-methyl/N-ethyl adjacent to an activating group) is 1. The van der Waals surface area contributed by atoms with Gasteiger partial charge in [0.2, 0.25) is 0 Å². The summed E-state index contributed by atoms with van der Waals surface area (Å²) in [6, 6.07) is 4.97. The van der Waals surface area contributed by atoms with E-state index >= 15 is 0 Å². The molecule has 0 aromatic heterocycles. The first-order chi connectivity index (χ1) is 9.79. The fourth-order valence-electron chi connectivity index (χ4n) is 2.09. The van der Waals surface area contributed by atoms with Gasteiger partial charge >= 0.3 is 0 Å². The molecule has 1 rings (SSSR count). The number of methoxy groups -OCH3 is 2. The Morgan fingerprint density at radius 3 is 2.52 bits per heavy atom. The molecule has 0 aliphatic carbocycles. The molecule has 0 saturated heterocycles. The van der Waals surface area contributed by atoms with Crippen molar-refractivity contribution in [2.45, 2.75) is 12.5 Å². The Bertz CT molecular complexity index is 487. The third kappa shape index (κ3) is 5.24. The van der Waals surface area contributed by atoms with Crippen LogP contribution < -0.4 is 14.8 Å². The van der Waals surface area contributed by atoms with Crippen molar-refractivity contribution >= 4 is 5.91 Å². The number of carbonyl (C=O) groups is 1. The number of amides is 1. The molecule has 1 aromatic rings. The Labute approximate surface area is 125 Å². The fourth-order valence-corrected chi connectivity index (χ4v) is 2.09. The van der Waals surface area contributed by atoms with Crippen LogP contribution in [0.25, 0.3) is 0 Å². The summed E-state index contributed by atoms with van der Waals surface area (Å²) >= 11 is 0. The van der Waals surface area contributed by atoms with Crippen LogP contribution in [0.3, 0.4) is 0 Å². The number of carbonyl (C=O) groups excluding carboxylic acids is 1. The second kappa shape index (κ2) is 7.28. The lowest BCUT2D eigenvalue weighted by molar-refractivity contribution is 0.0325. The van der Waals surface area contributed by atoms with Gasteiger partial charge in [-0.25, -0.2) is 0 Å². The van der Waals surface area contributed by atoms with Gasteiger partial charge in [-0.15, -0.1) is 0 Å². The highest BCUT2D eigenvalue weighted by Crippen LogP contribution is 2.24. The molecule has 1 aromatic carbocycles. The molecule has 0 radical (unpaired) electrons. The maximum Gasteiger partial charge on any atom is 0.255 e. The molecule has 6 nitrogen and oxygen atoms in total. The second-order valence-corrected chi connectivity index (χ2v) is 5.48. The number of hydrogen-bond acceptors (Lipinski definition) is 5. The number of aliphatic hydroxyl groups is 1. The van der Waals surface area contributed by atoms with E-state index in [1.165, 1.54) is 7.11 Å². The smallest absolute Gasteiger partial charge is 0.255 e. The number of rotatable bonds is 7. The lowest BCUT2D eigenvalue weighted by atomic mass is 10.1. The van der Waals surface area contributed by atoms with Crippen LogP contribution in [-0.4, -0.2) is 62.9 Å². The normalized spacial score (nSPS) is 13.7. The lowest BCUT2D eigenvalue weighted by Crippen LogP contribution is -2.47. The Kier molecular flexibility index (Phi) is 5.99. The maximum atomic E-state index is 12.2. The zero-order valence-corrected chi connectivity index (χ0v) is 13.3. The average Bonchev–Trinajstić information content (AvgIpc) is 2.42. The van der Waals surface area contributed by atoms with Gasteiger partial charge in [0.05, 0.1) is 25.4 Å². The summed E-state index contributed by atoms with van der Waals surface area (Å²) in [6.45, 7) is 2.28. The van der Waals surface area contributed by atoms with Crippen molar-refractivity contribution in [2.24, 2.45) is 0 Å². The molecule has 0 aliphatic heterocycles. The molecule has 0 bridgehead atoms. The summed E-state index contributed by atoms with van der Waals surface area (Å²) in [7, 11) is 6.77. The number of benzene rings is 1. The van der Waals surface area contributed by atoms with Crippen molar-refractivity contribution in [2.75, 3.05) is 41.4 Å². The van der Waals surface area contributed by atoms with Crippen LogP contribution in [0.1, 0.15) is 17.3 Å². The van der Waals surface area contributed by atoms with Crippen molar-refractivity contribution in [1.82, 2.24) is 10.2 Å². The largest absolute Gasteiger partial charge is 0.497 e. The van der Waals surface area contributed by atoms with Crippen LogP contribution in [0.4, 0.5) is 0 Å². The van der Waals surface area contributed by atoms with E-state index < -0.39 is 5.60 Å². The van der Waals surface area contributed by atoms with Crippen molar-refractivity contribution < 1.29 is 19.4 Å². The zero-order chi connectivity index (χ0) is 16.0. The van der Waals surface area contributed by atoms with E-state index in [9.17, 15) is 9.90 Å². The molecule has 0 aliphatic rings. The molecular formula is C15H24N2O4. The minimum absolute atomic E-state index is 0.152. The summed E-state index contributed by atoms with van der Waals surface area (Å²) in [5.74, 6) is 0.746. The minimum atomic E-state index is -1.00. The van der Waals surface area contributed by atoms with Gasteiger partial charge in [-0.1, -0.05) is 0 Å². The number of nitrogens with zero attached hydrogens (tertiary/aromatic N) is 1. The highest BCUT2D eigenvalue weighted by atomic mass is 16.5. The number of ether oxygens (including phenoxy) is 2. The highest BCUT2D eigenvalue weighted by molar-refractivity contribution is 5.97. The van der Waals surface area contributed by atoms with Crippen molar-refractivity contribution in [3.05, 3.63) is 23.8 Å². The van der Waals surface area contributed by atoms with Gasteiger partial charge in [0.15, 0.2) is 0 Å². The highest BCUT2D eigenvalue weighted by Gasteiger charge is 2.23. The van der Waals surface area contributed by atoms with Gasteiger partial charge in [-0.3, -0.25) is 4.79 Å². The van der Waals surface area contributed by atoms with Gasteiger partial charge in [0, 0.05) is 19.2 Å². The van der Waals surface area contributed by atoms with Crippen LogP contribution in [0.5, 0.6) is 11.5 Å². The van der Waals surface area contributed by atoms with Gasteiger partial charge in [0.1, 0.15) is 11.5 Å². The third-order valence-corrected chi connectivity index (χ3v) is 2.94. The molecule has 21 heavy (non-hydrogen) atoms. The molecule has 1 amide bonds. The van der Waals surface area contributed by atoms with E-state index in [1.807, 2.05) is 19.0 Å². The molecule has 0 heterocycles. The molecule has 118 valence electrons. The Morgan fingerprint density at radius 2 is 2.00 bits per heavy atom. The monoisotopic (exact) mass is 296 g/mol. The molecule has 6 heteroatoms. The van der Waals surface area contributed by atoms with Crippen LogP contribution in [0, 0.1) is 0 Å². The summed E-state index contributed by atoms with van der Waals surface area (Å²) in [4.78, 5) is 14.1. The van der Waals surface area contributed by atoms with Crippen LogP contribution in [-0.2, 0) is 0 Å². The third-order valence-electron chi connectivity index (χ3n) is 2.94. The van der Waals surface area contributed by atoms with E-state index in [1.54, 1.807) is 32.2 Å². The Balaban J connectivity index is 2.76. The Hall–Kier alpha value is -1.79. The minimum Gasteiger partial charge on any atom is -0.497 e. The molecule has 0 saturated carbocycles. The van der Waals surface area contributed by atoms with Gasteiger partial charge < -0.3 is 24.8 Å². The topological polar surface area (TPSA) is 71.0 Å². The second-order valence-electron chi connectivity index (χ2n) is 5.48. The standard InChI is InChI=1S/C15H24N2O4/c1-15(19,10-17(2)3)9-16-14(18)12-7-6-11(20-4)8-13(12)21-5/h6-8,19H,9-10H2,1-5H3,(H,16,18). The zero-order valence-electron chi connectivity index (χ0n) is 13.3. The number of hydrogen-bond donors (Lipinski definition) is 2. The van der Waals surface area contributed by atoms with Crippen LogP contribution in [0.15, 0.2) is 18.2 Å². The van der Waals surface area contributed by atoms with E-state index in [-0.39, 0.29) is 12.5 Å². The van der Waals surface area contributed by atoms with Crippen LogP contribution >= 0.6 is 0 Å². The summed E-state index contributed by atoms with van der Waals surface area (Å²) in [5, 5.41) is 12.9.